The Balaban J connectivity index is 2.13. The molecule has 0 fully saturated rings. The van der Waals surface area contributed by atoms with Crippen LogP contribution in [0.2, 0.25) is 0 Å². The molecule has 0 aliphatic rings. The fourth-order valence-electron chi connectivity index (χ4n) is 2.50. The monoisotopic (exact) mass is 574 g/mol. The summed E-state index contributed by atoms with van der Waals surface area (Å²) in [7, 11) is 1.26. The molecule has 0 amide bonds. The number of benzene rings is 2. The number of methoxy groups -OCH3 is 1. The van der Waals surface area contributed by atoms with Crippen LogP contribution in [0.4, 0.5) is 30.7 Å². The van der Waals surface area contributed by atoms with Crippen LogP contribution in [0.3, 0.4) is 0 Å². The van der Waals surface area contributed by atoms with Gasteiger partial charge in [0, 0.05) is 0 Å². The fraction of sp³-hybridized carbons (Fsp3) is 0.333. The highest BCUT2D eigenvalue weighted by molar-refractivity contribution is 9.10. The minimum atomic E-state index is -6.48. The Hall–Kier alpha value is -3.03. The molecule has 0 atom stereocenters. The molecule has 0 saturated heterocycles. The van der Waals surface area contributed by atoms with Crippen molar-refractivity contribution >= 4 is 28.1 Å². The number of ether oxygens (including phenoxy) is 3. The zero-order chi connectivity index (χ0) is 26.4. The highest BCUT2D eigenvalue weighted by Gasteiger charge is 2.73. The number of esters is 1. The number of rotatable bonds is 10. The highest BCUT2D eigenvalue weighted by Crippen LogP contribution is 2.45. The van der Waals surface area contributed by atoms with Gasteiger partial charge in [0.05, 0.1) is 30.0 Å². The van der Waals surface area contributed by atoms with E-state index in [0.29, 0.717) is 22.8 Å². The van der Waals surface area contributed by atoms with Crippen molar-refractivity contribution in [2.45, 2.75) is 31.7 Å². The molecule has 2 rings (SSSR count). The first-order chi connectivity index (χ1) is 16.2. The first-order valence-electron chi connectivity index (χ1n) is 9.62. The quantitative estimate of drug-likeness (QED) is 0.125. The average molecular weight is 575 g/mol. The van der Waals surface area contributed by atoms with Crippen molar-refractivity contribution in [3.63, 3.8) is 0 Å². The molecule has 0 heterocycles. The van der Waals surface area contributed by atoms with Gasteiger partial charge in [0.15, 0.2) is 11.5 Å². The molecule has 0 aliphatic carbocycles. The van der Waals surface area contributed by atoms with E-state index in [1.165, 1.54) is 19.2 Å². The lowest BCUT2D eigenvalue weighted by Gasteiger charge is -2.27. The van der Waals surface area contributed by atoms with E-state index in [9.17, 15) is 35.5 Å². The van der Waals surface area contributed by atoms with E-state index in [1.54, 1.807) is 31.2 Å². The van der Waals surface area contributed by atoms with E-state index < -0.39 is 24.1 Å². The molecule has 2 aromatic carbocycles. The summed E-state index contributed by atoms with van der Waals surface area (Å²) < 4.78 is 105. The van der Waals surface area contributed by atoms with Crippen LogP contribution in [0, 0.1) is 0 Å². The SMILES string of the molecule is CCOC(=O)c1ccc(COc2c(Br)cc(/C=N\NC(F)(F)C(F)(F)C(F)(F)F)cc2OC)cc1. The molecule has 0 aliphatic heterocycles. The van der Waals surface area contributed by atoms with E-state index in [0.717, 1.165) is 0 Å². The predicted octanol–water partition coefficient (Wildman–Crippen LogP) is 5.93. The van der Waals surface area contributed by atoms with Gasteiger partial charge in [0.2, 0.25) is 0 Å². The molecule has 0 saturated carbocycles. The number of carbonyl (C=O) groups excluding carboxylic acids is 1. The highest BCUT2D eigenvalue weighted by atomic mass is 79.9. The van der Waals surface area contributed by atoms with Crippen molar-refractivity contribution in [2.24, 2.45) is 5.10 Å². The molecule has 6 nitrogen and oxygen atoms in total. The lowest BCUT2D eigenvalue weighted by Crippen LogP contribution is -2.58. The molecule has 14 heteroatoms. The normalized spacial score (nSPS) is 12.5. The molecule has 35 heavy (non-hydrogen) atoms. The Kier molecular flexibility index (Phi) is 8.98. The van der Waals surface area contributed by atoms with Crippen molar-refractivity contribution < 1.29 is 49.7 Å². The van der Waals surface area contributed by atoms with Crippen molar-refractivity contribution in [2.75, 3.05) is 13.7 Å². The van der Waals surface area contributed by atoms with Gasteiger partial charge in [-0.1, -0.05) is 12.1 Å². The summed E-state index contributed by atoms with van der Waals surface area (Å²) in [5, 5.41) is 2.81. The Morgan fingerprint density at radius 2 is 1.71 bits per heavy atom. The number of hydrazone groups is 1. The minimum absolute atomic E-state index is 0.0125. The van der Waals surface area contributed by atoms with E-state index >= 15 is 0 Å². The smallest absolute Gasteiger partial charge is 0.462 e. The summed E-state index contributed by atoms with van der Waals surface area (Å²) in [6, 6.07) is 3.20. The molecule has 192 valence electrons. The van der Waals surface area contributed by atoms with Gasteiger partial charge in [-0.15, -0.1) is 0 Å². The standard InChI is InChI=1S/C21H18BrF7N2O4/c1-3-34-18(32)14-6-4-12(5-7-14)11-35-17-15(22)8-13(9-16(17)33-2)10-30-31-21(28,29)19(23,24)20(25,26)27/h4-10,31H,3,11H2,1-2H3/b30-10-. The summed E-state index contributed by atoms with van der Waals surface area (Å²) in [6.07, 6.45) is -5.88. The van der Waals surface area contributed by atoms with Crippen LogP contribution < -0.4 is 14.9 Å². The van der Waals surface area contributed by atoms with Gasteiger partial charge >= 0.3 is 24.1 Å². The summed E-state index contributed by atoms with van der Waals surface area (Å²) >= 11 is 3.18. The Morgan fingerprint density at radius 1 is 1.09 bits per heavy atom. The van der Waals surface area contributed by atoms with Crippen LogP contribution in [0.25, 0.3) is 0 Å². The molecule has 2 aromatic rings. The maximum absolute atomic E-state index is 13.3. The maximum Gasteiger partial charge on any atom is 0.462 e. The van der Waals surface area contributed by atoms with Gasteiger partial charge < -0.3 is 14.2 Å². The summed E-state index contributed by atoms with van der Waals surface area (Å²) in [6.45, 7) is 1.95. The van der Waals surface area contributed by atoms with Gasteiger partial charge in [0.1, 0.15) is 6.61 Å². The van der Waals surface area contributed by atoms with Crippen LogP contribution in [-0.4, -0.2) is 44.0 Å². The number of nitrogens with zero attached hydrogens (tertiary/aromatic N) is 1. The second kappa shape index (κ2) is 11.1. The predicted molar refractivity (Wildman–Crippen MR) is 114 cm³/mol. The van der Waals surface area contributed by atoms with Crippen molar-refractivity contribution in [1.82, 2.24) is 5.43 Å². The number of alkyl halides is 7. The van der Waals surface area contributed by atoms with Crippen LogP contribution in [-0.2, 0) is 11.3 Å². The molecule has 0 bridgehead atoms. The lowest BCUT2D eigenvalue weighted by molar-refractivity contribution is -0.361. The topological polar surface area (TPSA) is 69.2 Å². The first-order valence-corrected chi connectivity index (χ1v) is 10.4. The molecule has 0 radical (unpaired) electrons. The average Bonchev–Trinajstić information content (AvgIpc) is 2.77. The molecular weight excluding hydrogens is 557 g/mol. The molecule has 0 aromatic heterocycles. The molecule has 0 spiro atoms. The Labute approximate surface area is 203 Å². The second-order valence-corrected chi connectivity index (χ2v) is 7.61. The van der Waals surface area contributed by atoms with Crippen LogP contribution >= 0.6 is 15.9 Å². The third-order valence-electron chi connectivity index (χ3n) is 4.27. The van der Waals surface area contributed by atoms with Crippen LogP contribution in [0.15, 0.2) is 46.0 Å². The minimum Gasteiger partial charge on any atom is -0.493 e. The number of halogens is 8. The number of carbonyl (C=O) groups is 1. The summed E-state index contributed by atoms with van der Waals surface area (Å²) in [5.41, 5.74) is 1.58. The van der Waals surface area contributed by atoms with E-state index in [1.807, 2.05) is 0 Å². The van der Waals surface area contributed by atoms with Crippen molar-refractivity contribution in [3.8, 4) is 11.5 Å². The van der Waals surface area contributed by atoms with Crippen molar-refractivity contribution in [3.05, 3.63) is 57.6 Å². The van der Waals surface area contributed by atoms with Gasteiger partial charge in [-0.3, -0.25) is 0 Å². The van der Waals surface area contributed by atoms with Crippen LogP contribution in [0.5, 0.6) is 11.5 Å². The maximum atomic E-state index is 13.3. The fourth-order valence-corrected chi connectivity index (χ4v) is 3.07. The van der Waals surface area contributed by atoms with Crippen molar-refractivity contribution in [1.29, 1.82) is 0 Å². The number of hydrogen-bond acceptors (Lipinski definition) is 6. The Morgan fingerprint density at radius 3 is 2.26 bits per heavy atom. The van der Waals surface area contributed by atoms with Crippen LogP contribution in [0.1, 0.15) is 28.4 Å². The molecule has 0 unspecified atom stereocenters. The molecular formula is C21H18BrF7N2O4. The first kappa shape index (κ1) is 28.2. The third-order valence-corrected chi connectivity index (χ3v) is 4.86. The summed E-state index contributed by atoms with van der Waals surface area (Å²) in [5.74, 6) is -6.56. The Bertz CT molecular complexity index is 1060. The van der Waals surface area contributed by atoms with Gasteiger partial charge in [-0.05, 0) is 58.2 Å². The zero-order valence-corrected chi connectivity index (χ0v) is 19.6. The van der Waals surface area contributed by atoms with E-state index in [2.05, 4.69) is 21.0 Å². The zero-order valence-electron chi connectivity index (χ0n) is 18.1. The number of hydrogen-bond donors (Lipinski definition) is 1. The number of nitrogens with one attached hydrogen (secondary N) is 1. The van der Waals surface area contributed by atoms with Gasteiger partial charge in [0.25, 0.3) is 0 Å². The van der Waals surface area contributed by atoms with E-state index in [4.69, 9.17) is 14.2 Å². The third kappa shape index (κ3) is 6.77. The second-order valence-electron chi connectivity index (χ2n) is 6.76. The van der Waals surface area contributed by atoms with E-state index in [-0.39, 0.29) is 34.7 Å². The largest absolute Gasteiger partial charge is 0.493 e. The lowest BCUT2D eigenvalue weighted by atomic mass is 10.1. The molecule has 1 N–H and O–H groups in total. The van der Waals surface area contributed by atoms with Gasteiger partial charge in [-0.25, -0.2) is 10.2 Å². The van der Waals surface area contributed by atoms with Gasteiger partial charge in [-0.2, -0.15) is 35.8 Å². The summed E-state index contributed by atoms with van der Waals surface area (Å²) in [4.78, 5) is 11.7.